The van der Waals surface area contributed by atoms with Crippen molar-refractivity contribution in [1.29, 1.82) is 0 Å². The largest absolute Gasteiger partial charge is 0.498 e. The zero-order chi connectivity index (χ0) is 18.1. The molecule has 0 aromatic carbocycles. The quantitative estimate of drug-likeness (QED) is 0.756. The van der Waals surface area contributed by atoms with Gasteiger partial charge in [-0.3, -0.25) is 0 Å². The molecular formula is C17H29BN4O3. The van der Waals surface area contributed by atoms with E-state index in [1.807, 2.05) is 27.7 Å². The van der Waals surface area contributed by atoms with Gasteiger partial charge in [-0.15, -0.1) is 0 Å². The fraction of sp³-hybridized carbons (Fsp3) is 0.765. The maximum atomic E-state index is 9.00. The molecule has 2 saturated heterocycles. The highest BCUT2D eigenvalue weighted by Crippen LogP contribution is 2.36. The van der Waals surface area contributed by atoms with Crippen LogP contribution in [0.2, 0.25) is 0 Å². The molecule has 0 bridgehead atoms. The number of hydrogen-bond acceptors (Lipinski definition) is 7. The van der Waals surface area contributed by atoms with Gasteiger partial charge in [0.1, 0.15) is 0 Å². The molecule has 1 aromatic heterocycles. The summed E-state index contributed by atoms with van der Waals surface area (Å²) in [5.41, 5.74) is 0.107. The molecule has 1 aromatic rings. The first-order valence-corrected chi connectivity index (χ1v) is 9.08. The van der Waals surface area contributed by atoms with Crippen LogP contribution < -0.4 is 10.8 Å². The second kappa shape index (κ2) is 7.19. The SMILES string of the molecule is CC1(C)OB(c2cnc(NC3CCN(CCO)CC3)nc2)OC1(C)C. The molecule has 0 amide bonds. The molecule has 0 atom stereocenters. The van der Waals surface area contributed by atoms with E-state index in [4.69, 9.17) is 14.4 Å². The Morgan fingerprint density at radius 2 is 1.72 bits per heavy atom. The molecule has 3 rings (SSSR count). The summed E-state index contributed by atoms with van der Waals surface area (Å²) in [5, 5.41) is 12.4. The molecule has 2 aliphatic rings. The molecule has 2 N–H and O–H groups in total. The van der Waals surface area contributed by atoms with Crippen molar-refractivity contribution in [2.75, 3.05) is 31.6 Å². The van der Waals surface area contributed by atoms with Gasteiger partial charge in [0.25, 0.3) is 0 Å². The number of aromatic nitrogens is 2. The Kier molecular flexibility index (Phi) is 5.34. The van der Waals surface area contributed by atoms with E-state index in [1.165, 1.54) is 0 Å². The molecule has 2 aliphatic heterocycles. The zero-order valence-electron chi connectivity index (χ0n) is 15.7. The Bertz CT molecular complexity index is 558. The van der Waals surface area contributed by atoms with Gasteiger partial charge in [0.2, 0.25) is 5.95 Å². The minimum atomic E-state index is -0.430. The monoisotopic (exact) mass is 348 g/mol. The molecule has 8 heteroatoms. The van der Waals surface area contributed by atoms with Crippen LogP contribution in [0.25, 0.3) is 0 Å². The number of nitrogens with zero attached hydrogens (tertiary/aromatic N) is 3. The van der Waals surface area contributed by atoms with Crippen molar-refractivity contribution in [3.8, 4) is 0 Å². The zero-order valence-corrected chi connectivity index (χ0v) is 15.7. The lowest BCUT2D eigenvalue weighted by molar-refractivity contribution is 0.00578. The highest BCUT2D eigenvalue weighted by Gasteiger charge is 2.51. The number of likely N-dealkylation sites (tertiary alicyclic amines) is 1. The van der Waals surface area contributed by atoms with Gasteiger partial charge in [0.15, 0.2) is 0 Å². The van der Waals surface area contributed by atoms with E-state index in [0.717, 1.165) is 37.9 Å². The Hall–Kier alpha value is -1.22. The van der Waals surface area contributed by atoms with E-state index in [2.05, 4.69) is 20.2 Å². The first kappa shape index (κ1) is 18.6. The van der Waals surface area contributed by atoms with Crippen LogP contribution in [0.15, 0.2) is 12.4 Å². The molecule has 0 aliphatic carbocycles. The van der Waals surface area contributed by atoms with E-state index in [9.17, 15) is 0 Å². The van der Waals surface area contributed by atoms with Crippen LogP contribution >= 0.6 is 0 Å². The van der Waals surface area contributed by atoms with Crippen LogP contribution in [0.1, 0.15) is 40.5 Å². The Balaban J connectivity index is 1.55. The molecule has 3 heterocycles. The van der Waals surface area contributed by atoms with Crippen molar-refractivity contribution in [1.82, 2.24) is 14.9 Å². The number of rotatable bonds is 5. The highest BCUT2D eigenvalue weighted by molar-refractivity contribution is 6.61. The second-order valence-electron chi connectivity index (χ2n) is 7.91. The third-order valence-corrected chi connectivity index (χ3v) is 5.53. The lowest BCUT2D eigenvalue weighted by atomic mass is 9.81. The predicted molar refractivity (Wildman–Crippen MR) is 97.9 cm³/mol. The number of piperidine rings is 1. The summed E-state index contributed by atoms with van der Waals surface area (Å²) in [5.74, 6) is 0.640. The maximum Gasteiger partial charge on any atom is 0.498 e. The van der Waals surface area contributed by atoms with Gasteiger partial charge < -0.3 is 24.6 Å². The summed E-state index contributed by atoms with van der Waals surface area (Å²) in [6, 6.07) is 0.373. The fourth-order valence-corrected chi connectivity index (χ4v) is 3.14. The number of anilines is 1. The minimum absolute atomic E-state index is 0.224. The van der Waals surface area contributed by atoms with Crippen LogP contribution in [-0.2, 0) is 9.31 Å². The summed E-state index contributed by atoms with van der Waals surface area (Å²) in [7, 11) is -0.430. The molecule has 25 heavy (non-hydrogen) atoms. The van der Waals surface area contributed by atoms with Crippen molar-refractivity contribution in [2.45, 2.75) is 57.8 Å². The van der Waals surface area contributed by atoms with Crippen molar-refractivity contribution < 1.29 is 14.4 Å². The Morgan fingerprint density at radius 1 is 1.16 bits per heavy atom. The molecule has 0 spiro atoms. The van der Waals surface area contributed by atoms with Gasteiger partial charge in [-0.05, 0) is 40.5 Å². The Labute approximate surface area is 150 Å². The molecule has 0 radical (unpaired) electrons. The van der Waals surface area contributed by atoms with Crippen molar-refractivity contribution in [3.63, 3.8) is 0 Å². The second-order valence-corrected chi connectivity index (χ2v) is 7.91. The standard InChI is InChI=1S/C17H29BN4O3/c1-16(2)17(3,4)25-18(24-16)13-11-19-15(20-12-13)21-14-5-7-22(8-6-14)9-10-23/h11-12,14,23H,5-10H2,1-4H3,(H,19,20,21). The lowest BCUT2D eigenvalue weighted by Gasteiger charge is -2.32. The molecule has 138 valence electrons. The van der Waals surface area contributed by atoms with E-state index >= 15 is 0 Å². The third kappa shape index (κ3) is 4.14. The van der Waals surface area contributed by atoms with Crippen molar-refractivity contribution in [3.05, 3.63) is 12.4 Å². The number of aliphatic hydroxyl groups excluding tert-OH is 1. The highest BCUT2D eigenvalue weighted by atomic mass is 16.7. The van der Waals surface area contributed by atoms with E-state index < -0.39 is 7.12 Å². The van der Waals surface area contributed by atoms with Crippen molar-refractivity contribution >= 4 is 18.5 Å². The van der Waals surface area contributed by atoms with Gasteiger partial charge in [-0.2, -0.15) is 0 Å². The van der Waals surface area contributed by atoms with Crippen LogP contribution in [0.4, 0.5) is 5.95 Å². The number of nitrogens with one attached hydrogen (secondary N) is 1. The number of β-amino-alcohol motifs (C(OH)–C–C–N with tert-alkyl or cyclic N) is 1. The van der Waals surface area contributed by atoms with Gasteiger partial charge in [0.05, 0.1) is 17.8 Å². The number of aliphatic hydroxyl groups is 1. The average molecular weight is 348 g/mol. The first-order valence-electron chi connectivity index (χ1n) is 9.08. The third-order valence-electron chi connectivity index (χ3n) is 5.53. The average Bonchev–Trinajstić information content (AvgIpc) is 2.78. The van der Waals surface area contributed by atoms with Crippen LogP contribution in [-0.4, -0.2) is 70.6 Å². The Morgan fingerprint density at radius 3 is 2.24 bits per heavy atom. The number of hydrogen-bond donors (Lipinski definition) is 2. The molecule has 7 nitrogen and oxygen atoms in total. The topological polar surface area (TPSA) is 79.7 Å². The smallest absolute Gasteiger partial charge is 0.399 e. The van der Waals surface area contributed by atoms with Gasteiger partial charge in [-0.1, -0.05) is 0 Å². The summed E-state index contributed by atoms with van der Waals surface area (Å²) >= 11 is 0. The fourth-order valence-electron chi connectivity index (χ4n) is 3.14. The van der Waals surface area contributed by atoms with Crippen LogP contribution in [0.3, 0.4) is 0 Å². The van der Waals surface area contributed by atoms with E-state index in [1.54, 1.807) is 12.4 Å². The maximum absolute atomic E-state index is 9.00. The van der Waals surface area contributed by atoms with E-state index in [-0.39, 0.29) is 17.8 Å². The predicted octanol–water partition coefficient (Wildman–Crippen LogP) is 0.644. The van der Waals surface area contributed by atoms with Crippen LogP contribution in [0.5, 0.6) is 0 Å². The summed E-state index contributed by atoms with van der Waals surface area (Å²) < 4.78 is 12.1. The van der Waals surface area contributed by atoms with E-state index in [0.29, 0.717) is 12.0 Å². The van der Waals surface area contributed by atoms with Gasteiger partial charge >= 0.3 is 7.12 Å². The van der Waals surface area contributed by atoms with Crippen LogP contribution in [0, 0.1) is 0 Å². The van der Waals surface area contributed by atoms with Gasteiger partial charge in [-0.25, -0.2) is 9.97 Å². The summed E-state index contributed by atoms with van der Waals surface area (Å²) in [6.45, 7) is 11.1. The summed E-state index contributed by atoms with van der Waals surface area (Å²) in [4.78, 5) is 11.1. The first-order chi connectivity index (χ1) is 11.8. The molecule has 0 saturated carbocycles. The molecule has 0 unspecified atom stereocenters. The molecular weight excluding hydrogens is 319 g/mol. The molecule has 2 fully saturated rings. The lowest BCUT2D eigenvalue weighted by Crippen LogP contribution is -2.41. The minimum Gasteiger partial charge on any atom is -0.399 e. The normalized spacial score (nSPS) is 23.8. The van der Waals surface area contributed by atoms with Gasteiger partial charge in [0, 0.05) is 43.5 Å². The summed E-state index contributed by atoms with van der Waals surface area (Å²) in [6.07, 6.45) is 5.61. The van der Waals surface area contributed by atoms with Crippen molar-refractivity contribution in [2.24, 2.45) is 0 Å².